The molecule has 2 aromatic rings. The summed E-state index contributed by atoms with van der Waals surface area (Å²) in [5.41, 5.74) is 4.32. The Morgan fingerprint density at radius 3 is 2.46 bits per heavy atom. The highest BCUT2D eigenvalue weighted by molar-refractivity contribution is 5.93. The van der Waals surface area contributed by atoms with Gasteiger partial charge in [0.2, 0.25) is 5.91 Å². The maximum atomic E-state index is 12.6. The standard InChI is InChI=1S/C21H25N3O2/c1-22-21(26)18-9-7-16(8-10-18)13-23(2)15-20(25)24-12-11-17-5-3-4-6-19(17)14-24/h3-10H,11-15H2,1-2H3,(H,22,26). The predicted molar refractivity (Wildman–Crippen MR) is 102 cm³/mol. The summed E-state index contributed by atoms with van der Waals surface area (Å²) >= 11 is 0. The fourth-order valence-electron chi connectivity index (χ4n) is 3.31. The van der Waals surface area contributed by atoms with Crippen molar-refractivity contribution in [2.24, 2.45) is 0 Å². The minimum Gasteiger partial charge on any atom is -0.355 e. The van der Waals surface area contributed by atoms with Crippen molar-refractivity contribution in [3.8, 4) is 0 Å². The van der Waals surface area contributed by atoms with Crippen LogP contribution in [0.15, 0.2) is 48.5 Å². The van der Waals surface area contributed by atoms with Gasteiger partial charge in [0.25, 0.3) is 5.91 Å². The smallest absolute Gasteiger partial charge is 0.251 e. The number of amides is 2. The van der Waals surface area contributed by atoms with Crippen LogP contribution in [0.4, 0.5) is 0 Å². The number of carbonyl (C=O) groups is 2. The fraction of sp³-hybridized carbons (Fsp3) is 0.333. The van der Waals surface area contributed by atoms with Crippen LogP contribution in [0.3, 0.4) is 0 Å². The quantitative estimate of drug-likeness (QED) is 0.897. The van der Waals surface area contributed by atoms with Gasteiger partial charge < -0.3 is 10.2 Å². The highest BCUT2D eigenvalue weighted by Crippen LogP contribution is 2.18. The van der Waals surface area contributed by atoms with Crippen molar-refractivity contribution in [2.75, 3.05) is 27.2 Å². The van der Waals surface area contributed by atoms with Gasteiger partial charge in [-0.3, -0.25) is 14.5 Å². The van der Waals surface area contributed by atoms with Crippen molar-refractivity contribution in [3.63, 3.8) is 0 Å². The van der Waals surface area contributed by atoms with Crippen LogP contribution in [0.5, 0.6) is 0 Å². The van der Waals surface area contributed by atoms with Gasteiger partial charge in [0.1, 0.15) is 0 Å². The zero-order valence-corrected chi connectivity index (χ0v) is 15.4. The van der Waals surface area contributed by atoms with E-state index in [-0.39, 0.29) is 11.8 Å². The third-order valence-electron chi connectivity index (χ3n) is 4.78. The van der Waals surface area contributed by atoms with E-state index >= 15 is 0 Å². The molecule has 0 bridgehead atoms. The average Bonchev–Trinajstić information content (AvgIpc) is 2.67. The minimum atomic E-state index is -0.0922. The predicted octanol–water partition coefficient (Wildman–Crippen LogP) is 2.06. The van der Waals surface area contributed by atoms with Crippen LogP contribution in [0.25, 0.3) is 0 Å². The average molecular weight is 351 g/mol. The summed E-state index contributed by atoms with van der Waals surface area (Å²) in [5, 5.41) is 2.61. The van der Waals surface area contributed by atoms with Gasteiger partial charge in [-0.1, -0.05) is 36.4 Å². The Hall–Kier alpha value is -2.66. The first-order chi connectivity index (χ1) is 12.6. The van der Waals surface area contributed by atoms with Crippen molar-refractivity contribution in [1.29, 1.82) is 0 Å². The molecule has 0 aromatic heterocycles. The molecule has 2 aromatic carbocycles. The van der Waals surface area contributed by atoms with E-state index in [1.807, 2.05) is 47.2 Å². The summed E-state index contributed by atoms with van der Waals surface area (Å²) in [6.45, 7) is 2.54. The molecule has 0 saturated carbocycles. The van der Waals surface area contributed by atoms with Gasteiger partial charge >= 0.3 is 0 Å². The Morgan fingerprint density at radius 1 is 1.08 bits per heavy atom. The maximum absolute atomic E-state index is 12.6. The van der Waals surface area contributed by atoms with E-state index in [0.717, 1.165) is 18.5 Å². The second-order valence-electron chi connectivity index (χ2n) is 6.78. The third-order valence-corrected chi connectivity index (χ3v) is 4.78. The normalized spacial score (nSPS) is 13.4. The number of likely N-dealkylation sites (N-methyl/N-ethyl adjacent to an activating group) is 1. The van der Waals surface area contributed by atoms with Crippen LogP contribution in [-0.4, -0.2) is 48.8 Å². The molecule has 0 fully saturated rings. The number of nitrogens with zero attached hydrogens (tertiary/aromatic N) is 2. The first kappa shape index (κ1) is 18.1. The van der Waals surface area contributed by atoms with E-state index in [0.29, 0.717) is 25.2 Å². The largest absolute Gasteiger partial charge is 0.355 e. The second kappa shape index (κ2) is 8.15. The number of carbonyl (C=O) groups excluding carboxylic acids is 2. The van der Waals surface area contributed by atoms with Gasteiger partial charge in [-0.05, 0) is 42.3 Å². The molecule has 2 amide bonds. The lowest BCUT2D eigenvalue weighted by molar-refractivity contribution is -0.133. The molecule has 5 nitrogen and oxygen atoms in total. The first-order valence-corrected chi connectivity index (χ1v) is 8.91. The number of rotatable bonds is 5. The minimum absolute atomic E-state index is 0.0922. The van der Waals surface area contributed by atoms with Crippen molar-refractivity contribution < 1.29 is 9.59 Å². The Bertz CT molecular complexity index is 786. The van der Waals surface area contributed by atoms with E-state index in [9.17, 15) is 9.59 Å². The topological polar surface area (TPSA) is 52.7 Å². The summed E-state index contributed by atoms with van der Waals surface area (Å²) in [7, 11) is 3.57. The molecule has 0 atom stereocenters. The van der Waals surface area contributed by atoms with E-state index in [1.54, 1.807) is 7.05 Å². The van der Waals surface area contributed by atoms with Gasteiger partial charge in [-0.15, -0.1) is 0 Å². The highest BCUT2D eigenvalue weighted by Gasteiger charge is 2.21. The first-order valence-electron chi connectivity index (χ1n) is 8.91. The molecule has 26 heavy (non-hydrogen) atoms. The van der Waals surface area contributed by atoms with E-state index in [4.69, 9.17) is 0 Å². The van der Waals surface area contributed by atoms with Gasteiger partial charge in [-0.2, -0.15) is 0 Å². The molecule has 0 unspecified atom stereocenters. The molecule has 136 valence electrons. The van der Waals surface area contributed by atoms with Crippen molar-refractivity contribution in [2.45, 2.75) is 19.5 Å². The Balaban J connectivity index is 1.54. The van der Waals surface area contributed by atoms with Crippen molar-refractivity contribution >= 4 is 11.8 Å². The summed E-state index contributed by atoms with van der Waals surface area (Å²) in [4.78, 5) is 28.2. The fourth-order valence-corrected chi connectivity index (χ4v) is 3.31. The summed E-state index contributed by atoms with van der Waals surface area (Å²) in [5.74, 6) is 0.0643. The molecular weight excluding hydrogens is 326 g/mol. The number of nitrogens with one attached hydrogen (secondary N) is 1. The molecule has 1 heterocycles. The molecule has 0 saturated heterocycles. The van der Waals surface area contributed by atoms with Crippen molar-refractivity contribution in [1.82, 2.24) is 15.1 Å². The van der Waals surface area contributed by atoms with Crippen LogP contribution in [0, 0.1) is 0 Å². The van der Waals surface area contributed by atoms with Crippen LogP contribution < -0.4 is 5.32 Å². The van der Waals surface area contributed by atoms with Gasteiger partial charge in [0, 0.05) is 32.2 Å². The van der Waals surface area contributed by atoms with Gasteiger partial charge in [0.05, 0.1) is 6.54 Å². The lowest BCUT2D eigenvalue weighted by Gasteiger charge is -2.30. The lowest BCUT2D eigenvalue weighted by atomic mass is 10.00. The summed E-state index contributed by atoms with van der Waals surface area (Å²) in [6, 6.07) is 15.8. The summed E-state index contributed by atoms with van der Waals surface area (Å²) < 4.78 is 0. The van der Waals surface area contributed by atoms with E-state index < -0.39 is 0 Å². The molecule has 1 aliphatic rings. The van der Waals surface area contributed by atoms with Gasteiger partial charge in [0.15, 0.2) is 0 Å². The maximum Gasteiger partial charge on any atom is 0.251 e. The number of hydrogen-bond donors (Lipinski definition) is 1. The SMILES string of the molecule is CNC(=O)c1ccc(CN(C)CC(=O)N2CCc3ccccc3C2)cc1. The zero-order valence-electron chi connectivity index (χ0n) is 15.4. The van der Waals surface area contributed by atoms with E-state index in [1.165, 1.54) is 11.1 Å². The van der Waals surface area contributed by atoms with Crippen LogP contribution in [-0.2, 0) is 24.3 Å². The molecule has 0 radical (unpaired) electrons. The molecule has 3 rings (SSSR count). The van der Waals surface area contributed by atoms with Gasteiger partial charge in [-0.25, -0.2) is 0 Å². The molecule has 0 aliphatic carbocycles. The Kier molecular flexibility index (Phi) is 5.68. The number of hydrogen-bond acceptors (Lipinski definition) is 3. The molecular formula is C21H25N3O2. The van der Waals surface area contributed by atoms with E-state index in [2.05, 4.69) is 23.5 Å². The monoisotopic (exact) mass is 351 g/mol. The van der Waals surface area contributed by atoms with Crippen LogP contribution >= 0.6 is 0 Å². The van der Waals surface area contributed by atoms with Crippen molar-refractivity contribution in [3.05, 3.63) is 70.8 Å². The van der Waals surface area contributed by atoms with Crippen LogP contribution in [0.1, 0.15) is 27.0 Å². The molecule has 0 spiro atoms. The lowest BCUT2D eigenvalue weighted by Crippen LogP contribution is -2.41. The zero-order chi connectivity index (χ0) is 18.5. The third kappa shape index (κ3) is 4.29. The van der Waals surface area contributed by atoms with Crippen LogP contribution in [0.2, 0.25) is 0 Å². The Labute approximate surface area is 154 Å². The number of fused-ring (bicyclic) bond motifs is 1. The highest BCUT2D eigenvalue weighted by atomic mass is 16.2. The molecule has 1 N–H and O–H groups in total. The Morgan fingerprint density at radius 2 is 1.77 bits per heavy atom. The number of benzene rings is 2. The summed E-state index contributed by atoms with van der Waals surface area (Å²) in [6.07, 6.45) is 0.923. The molecule has 1 aliphatic heterocycles. The second-order valence-corrected chi connectivity index (χ2v) is 6.78. The molecule has 5 heteroatoms.